The summed E-state index contributed by atoms with van der Waals surface area (Å²) in [6.07, 6.45) is 2.35. The molecule has 7 heteroatoms. The molecule has 0 saturated carbocycles. The second kappa shape index (κ2) is 8.41. The van der Waals surface area contributed by atoms with Crippen molar-refractivity contribution in [3.8, 4) is 0 Å². The first-order valence-electron chi connectivity index (χ1n) is 6.84. The number of carbonyl (C=O) groups excluding carboxylic acids is 1. The quantitative estimate of drug-likeness (QED) is 0.795. The number of hydrogen-bond acceptors (Lipinski definition) is 4. The number of nitrogens with zero attached hydrogens (tertiary/aromatic N) is 1. The molecule has 1 aromatic rings. The van der Waals surface area contributed by atoms with Crippen molar-refractivity contribution in [2.75, 3.05) is 30.4 Å². The third-order valence-electron chi connectivity index (χ3n) is 2.99. The van der Waals surface area contributed by atoms with E-state index in [1.165, 1.54) is 10.4 Å². The third kappa shape index (κ3) is 5.01. The molecule has 0 aliphatic heterocycles. The highest BCUT2D eigenvalue weighted by atomic mass is 32.2. The normalized spacial score (nSPS) is 11.6. The summed E-state index contributed by atoms with van der Waals surface area (Å²) in [4.78, 5) is 11.9. The molecular formula is C14H22N2O3S2. The van der Waals surface area contributed by atoms with E-state index in [0.717, 1.165) is 5.75 Å². The smallest absolute Gasteiger partial charge is 0.243 e. The van der Waals surface area contributed by atoms with Crippen molar-refractivity contribution >= 4 is 33.4 Å². The van der Waals surface area contributed by atoms with Crippen LogP contribution in [-0.2, 0) is 14.8 Å². The number of carbonyl (C=O) groups is 1. The van der Waals surface area contributed by atoms with Crippen LogP contribution >= 0.6 is 11.8 Å². The molecule has 0 fully saturated rings. The molecule has 1 amide bonds. The summed E-state index contributed by atoms with van der Waals surface area (Å²) in [5, 5.41) is 2.73. The maximum Gasteiger partial charge on any atom is 0.243 e. The fraction of sp³-hybridized carbons (Fsp3) is 0.500. The Morgan fingerprint density at radius 1 is 1.29 bits per heavy atom. The van der Waals surface area contributed by atoms with Gasteiger partial charge in [-0.25, -0.2) is 8.42 Å². The van der Waals surface area contributed by atoms with Crippen LogP contribution in [0, 0.1) is 0 Å². The average Bonchev–Trinajstić information content (AvgIpc) is 2.46. The van der Waals surface area contributed by atoms with Gasteiger partial charge in [0.05, 0.1) is 4.90 Å². The zero-order chi connectivity index (χ0) is 15.9. The molecule has 1 aromatic carbocycles. The zero-order valence-electron chi connectivity index (χ0n) is 12.6. The number of nitrogens with one attached hydrogen (secondary N) is 1. The molecule has 0 unspecified atom stereocenters. The zero-order valence-corrected chi connectivity index (χ0v) is 14.3. The highest BCUT2D eigenvalue weighted by Gasteiger charge is 2.21. The highest BCUT2D eigenvalue weighted by Crippen LogP contribution is 2.19. The van der Waals surface area contributed by atoms with Gasteiger partial charge in [-0.15, -0.1) is 0 Å². The molecule has 0 aliphatic carbocycles. The first-order chi connectivity index (χ1) is 9.95. The summed E-state index contributed by atoms with van der Waals surface area (Å²) in [7, 11) is -3.50. The van der Waals surface area contributed by atoms with Gasteiger partial charge in [-0.05, 0) is 24.5 Å². The third-order valence-corrected chi connectivity index (χ3v) is 5.65. The van der Waals surface area contributed by atoms with Crippen molar-refractivity contribution in [1.29, 1.82) is 0 Å². The number of anilines is 1. The Bertz CT molecular complexity index is 569. The lowest BCUT2D eigenvalue weighted by molar-refractivity contribution is -0.115. The number of rotatable bonds is 8. The Balaban J connectivity index is 2.93. The molecule has 0 spiro atoms. The summed E-state index contributed by atoms with van der Waals surface area (Å²) >= 11 is 1.59. The van der Waals surface area contributed by atoms with Gasteiger partial charge in [0.25, 0.3) is 0 Å². The molecule has 118 valence electrons. The van der Waals surface area contributed by atoms with E-state index in [-0.39, 0.29) is 10.8 Å². The maximum atomic E-state index is 12.4. The Morgan fingerprint density at radius 3 is 2.52 bits per heavy atom. The Labute approximate surface area is 131 Å². The van der Waals surface area contributed by atoms with Gasteiger partial charge in [0.1, 0.15) is 0 Å². The van der Waals surface area contributed by atoms with Crippen molar-refractivity contribution in [1.82, 2.24) is 4.31 Å². The van der Waals surface area contributed by atoms with E-state index in [0.29, 0.717) is 25.2 Å². The number of hydrogen-bond donors (Lipinski definition) is 1. The van der Waals surface area contributed by atoms with Crippen molar-refractivity contribution in [2.45, 2.75) is 25.2 Å². The monoisotopic (exact) mass is 330 g/mol. The molecule has 0 aliphatic rings. The van der Waals surface area contributed by atoms with Crippen LogP contribution in [0.3, 0.4) is 0 Å². The van der Waals surface area contributed by atoms with E-state index in [1.807, 2.05) is 6.26 Å². The molecule has 5 nitrogen and oxygen atoms in total. The highest BCUT2D eigenvalue weighted by molar-refractivity contribution is 7.98. The van der Waals surface area contributed by atoms with Crippen LogP contribution in [0.5, 0.6) is 0 Å². The van der Waals surface area contributed by atoms with E-state index in [1.54, 1.807) is 43.8 Å². The topological polar surface area (TPSA) is 66.5 Å². The lowest BCUT2D eigenvalue weighted by Gasteiger charge is -2.18. The van der Waals surface area contributed by atoms with E-state index < -0.39 is 10.0 Å². The summed E-state index contributed by atoms with van der Waals surface area (Å²) in [5.41, 5.74) is 0.509. The Kier molecular flexibility index (Phi) is 7.21. The SMILES string of the molecule is CCN(CC)S(=O)(=O)c1cccc(NC(=O)CCSC)c1. The van der Waals surface area contributed by atoms with E-state index in [2.05, 4.69) is 5.32 Å². The van der Waals surface area contributed by atoms with Gasteiger partial charge in [-0.3, -0.25) is 4.79 Å². The second-order valence-electron chi connectivity index (χ2n) is 4.41. The standard InChI is InChI=1S/C14H22N2O3S2/c1-4-16(5-2)21(18,19)13-8-6-7-12(11-13)15-14(17)9-10-20-3/h6-8,11H,4-5,9-10H2,1-3H3,(H,15,17). The molecule has 1 rings (SSSR count). The van der Waals surface area contributed by atoms with Crippen molar-refractivity contribution in [3.63, 3.8) is 0 Å². The number of amides is 1. The molecular weight excluding hydrogens is 308 g/mol. The average molecular weight is 330 g/mol. The van der Waals surface area contributed by atoms with Crippen LogP contribution < -0.4 is 5.32 Å². The largest absolute Gasteiger partial charge is 0.326 e. The molecule has 0 bridgehead atoms. The fourth-order valence-corrected chi connectivity index (χ4v) is 3.76. The van der Waals surface area contributed by atoms with Gasteiger partial charge in [-0.1, -0.05) is 19.9 Å². The van der Waals surface area contributed by atoms with Gasteiger partial charge in [-0.2, -0.15) is 16.1 Å². The Morgan fingerprint density at radius 2 is 1.95 bits per heavy atom. The van der Waals surface area contributed by atoms with Crippen LogP contribution in [0.1, 0.15) is 20.3 Å². The van der Waals surface area contributed by atoms with Gasteiger partial charge in [0, 0.05) is 31.0 Å². The van der Waals surface area contributed by atoms with Crippen molar-refractivity contribution in [2.24, 2.45) is 0 Å². The molecule has 0 radical (unpaired) electrons. The summed E-state index contributed by atoms with van der Waals surface area (Å²) < 4.78 is 26.2. The fourth-order valence-electron chi connectivity index (χ4n) is 1.87. The molecule has 0 saturated heterocycles. The molecule has 0 heterocycles. The summed E-state index contributed by atoms with van der Waals surface area (Å²) in [6.45, 7) is 4.44. The van der Waals surface area contributed by atoms with E-state index in [9.17, 15) is 13.2 Å². The minimum atomic E-state index is -3.50. The molecule has 21 heavy (non-hydrogen) atoms. The molecule has 0 atom stereocenters. The second-order valence-corrected chi connectivity index (χ2v) is 7.33. The lowest BCUT2D eigenvalue weighted by Crippen LogP contribution is -2.30. The van der Waals surface area contributed by atoms with Crippen LogP contribution in [0.2, 0.25) is 0 Å². The van der Waals surface area contributed by atoms with E-state index in [4.69, 9.17) is 0 Å². The number of benzene rings is 1. The van der Waals surface area contributed by atoms with Crippen molar-refractivity contribution in [3.05, 3.63) is 24.3 Å². The summed E-state index contributed by atoms with van der Waals surface area (Å²) in [6, 6.07) is 6.38. The maximum absolute atomic E-state index is 12.4. The molecule has 1 N–H and O–H groups in total. The van der Waals surface area contributed by atoms with Crippen molar-refractivity contribution < 1.29 is 13.2 Å². The summed E-state index contributed by atoms with van der Waals surface area (Å²) in [5.74, 6) is 0.630. The van der Waals surface area contributed by atoms with Gasteiger partial charge in [0.2, 0.25) is 15.9 Å². The number of sulfonamides is 1. The van der Waals surface area contributed by atoms with Crippen LogP contribution in [0.25, 0.3) is 0 Å². The van der Waals surface area contributed by atoms with Gasteiger partial charge < -0.3 is 5.32 Å². The van der Waals surface area contributed by atoms with Gasteiger partial charge in [0.15, 0.2) is 0 Å². The van der Waals surface area contributed by atoms with Crippen LogP contribution in [-0.4, -0.2) is 43.7 Å². The first kappa shape index (κ1) is 18.0. The minimum absolute atomic E-state index is 0.110. The first-order valence-corrected chi connectivity index (χ1v) is 9.68. The predicted molar refractivity (Wildman–Crippen MR) is 88.2 cm³/mol. The number of thioether (sulfide) groups is 1. The van der Waals surface area contributed by atoms with Gasteiger partial charge >= 0.3 is 0 Å². The van der Waals surface area contributed by atoms with Crippen LogP contribution in [0.4, 0.5) is 5.69 Å². The molecule has 0 aromatic heterocycles. The minimum Gasteiger partial charge on any atom is -0.326 e. The van der Waals surface area contributed by atoms with Crippen LogP contribution in [0.15, 0.2) is 29.2 Å². The lowest BCUT2D eigenvalue weighted by atomic mass is 10.3. The Hall–Kier alpha value is -1.05. The predicted octanol–water partition coefficient (Wildman–Crippen LogP) is 2.41. The van der Waals surface area contributed by atoms with E-state index >= 15 is 0 Å².